The van der Waals surface area contributed by atoms with Crippen LogP contribution in [-0.4, -0.2) is 26.3 Å². The van der Waals surface area contributed by atoms with E-state index in [2.05, 4.69) is 20.5 Å². The predicted molar refractivity (Wildman–Crippen MR) is 60.0 cm³/mol. The smallest absolute Gasteiger partial charge is 0.205 e. The van der Waals surface area contributed by atoms with Gasteiger partial charge in [-0.15, -0.1) is 10.2 Å². The summed E-state index contributed by atoms with van der Waals surface area (Å²) in [6, 6.07) is 0. The molecule has 0 saturated carbocycles. The summed E-state index contributed by atoms with van der Waals surface area (Å²) >= 11 is 1.57. The van der Waals surface area contributed by atoms with Crippen molar-refractivity contribution in [2.24, 2.45) is 7.05 Å². The van der Waals surface area contributed by atoms with Crippen LogP contribution >= 0.6 is 11.3 Å². The molecule has 0 bridgehead atoms. The highest BCUT2D eigenvalue weighted by atomic mass is 32.1. The largest absolute Gasteiger partial charge is 0.360 e. The van der Waals surface area contributed by atoms with E-state index in [0.717, 1.165) is 28.9 Å². The normalized spacial score (nSPS) is 10.5. The van der Waals surface area contributed by atoms with Crippen LogP contribution < -0.4 is 5.32 Å². The van der Waals surface area contributed by atoms with Crippen molar-refractivity contribution >= 4 is 16.5 Å². The average Bonchev–Trinajstić information content (AvgIpc) is 2.77. The van der Waals surface area contributed by atoms with Gasteiger partial charge in [0.05, 0.1) is 0 Å². The van der Waals surface area contributed by atoms with E-state index in [1.54, 1.807) is 11.3 Å². The van der Waals surface area contributed by atoms with Gasteiger partial charge >= 0.3 is 0 Å². The molecule has 15 heavy (non-hydrogen) atoms. The minimum Gasteiger partial charge on any atom is -0.360 e. The summed E-state index contributed by atoms with van der Waals surface area (Å²) in [4.78, 5) is 4.24. The molecule has 0 aliphatic heterocycles. The molecular weight excluding hydrogens is 210 g/mol. The van der Waals surface area contributed by atoms with Crippen molar-refractivity contribution in [1.29, 1.82) is 0 Å². The Morgan fingerprint density at radius 2 is 2.33 bits per heavy atom. The summed E-state index contributed by atoms with van der Waals surface area (Å²) < 4.78 is 2.02. The molecule has 2 heterocycles. The first-order valence-corrected chi connectivity index (χ1v) is 5.57. The van der Waals surface area contributed by atoms with E-state index in [4.69, 9.17) is 0 Å². The summed E-state index contributed by atoms with van der Waals surface area (Å²) in [6.07, 6.45) is 4.65. The number of aromatic nitrogens is 4. The molecule has 2 rings (SSSR count). The quantitative estimate of drug-likeness (QED) is 0.847. The van der Waals surface area contributed by atoms with Crippen LogP contribution in [0.5, 0.6) is 0 Å². The average molecular weight is 223 g/mol. The highest BCUT2D eigenvalue weighted by molar-refractivity contribution is 7.15. The Kier molecular flexibility index (Phi) is 2.96. The van der Waals surface area contributed by atoms with E-state index < -0.39 is 0 Å². The molecule has 0 fully saturated rings. The highest BCUT2D eigenvalue weighted by Gasteiger charge is 2.01. The highest BCUT2D eigenvalue weighted by Crippen LogP contribution is 2.13. The molecule has 6 heteroatoms. The fourth-order valence-corrected chi connectivity index (χ4v) is 1.90. The number of hydrogen-bond donors (Lipinski definition) is 1. The Morgan fingerprint density at radius 3 is 2.93 bits per heavy atom. The molecule has 0 unspecified atom stereocenters. The third-order valence-electron chi connectivity index (χ3n) is 2.07. The lowest BCUT2D eigenvalue weighted by Gasteiger charge is -2.02. The number of anilines is 1. The van der Waals surface area contributed by atoms with Crippen LogP contribution in [0.2, 0.25) is 0 Å². The minimum absolute atomic E-state index is 0.833. The second-order valence-electron chi connectivity index (χ2n) is 3.26. The van der Waals surface area contributed by atoms with Crippen LogP contribution in [0.3, 0.4) is 0 Å². The number of hydrogen-bond acceptors (Lipinski definition) is 5. The molecule has 0 aliphatic rings. The molecule has 1 N–H and O–H groups in total. The summed E-state index contributed by atoms with van der Waals surface area (Å²) in [5.41, 5.74) is 0. The van der Waals surface area contributed by atoms with Crippen molar-refractivity contribution in [3.63, 3.8) is 0 Å². The molecule has 0 saturated heterocycles. The molecular formula is C9H13N5S. The summed E-state index contributed by atoms with van der Waals surface area (Å²) in [5.74, 6) is 1.07. The van der Waals surface area contributed by atoms with Crippen LogP contribution in [0.15, 0.2) is 12.4 Å². The zero-order valence-corrected chi connectivity index (χ0v) is 9.58. The van der Waals surface area contributed by atoms with Gasteiger partial charge in [0.15, 0.2) is 0 Å². The van der Waals surface area contributed by atoms with E-state index in [1.165, 1.54) is 0 Å². The third kappa shape index (κ3) is 2.53. The molecule has 2 aromatic rings. The Bertz CT molecular complexity index is 433. The van der Waals surface area contributed by atoms with Gasteiger partial charge in [0.1, 0.15) is 10.8 Å². The van der Waals surface area contributed by atoms with Crippen LogP contribution in [0.4, 0.5) is 5.13 Å². The number of rotatable bonds is 4. The molecule has 5 nitrogen and oxygen atoms in total. The summed E-state index contributed by atoms with van der Waals surface area (Å²) in [7, 11) is 2.00. The zero-order chi connectivity index (χ0) is 10.7. The Morgan fingerprint density at radius 1 is 1.47 bits per heavy atom. The standard InChI is InChI=1S/C9H13N5S/c1-7-12-13-9(15-7)11-4-3-8-10-5-6-14(8)2/h5-6H,3-4H2,1-2H3,(H,11,13). The van der Waals surface area contributed by atoms with E-state index in [1.807, 2.05) is 30.9 Å². The minimum atomic E-state index is 0.833. The molecule has 0 aliphatic carbocycles. The van der Waals surface area contributed by atoms with Crippen molar-refractivity contribution in [2.75, 3.05) is 11.9 Å². The maximum absolute atomic E-state index is 4.24. The fourth-order valence-electron chi connectivity index (χ4n) is 1.29. The van der Waals surface area contributed by atoms with Gasteiger partial charge in [-0.25, -0.2) is 4.98 Å². The number of nitrogens with one attached hydrogen (secondary N) is 1. The maximum atomic E-state index is 4.24. The van der Waals surface area contributed by atoms with E-state index in [9.17, 15) is 0 Å². The van der Waals surface area contributed by atoms with Gasteiger partial charge in [-0.1, -0.05) is 11.3 Å². The monoisotopic (exact) mass is 223 g/mol. The number of aryl methyl sites for hydroxylation is 2. The van der Waals surface area contributed by atoms with Crippen molar-refractivity contribution in [2.45, 2.75) is 13.3 Å². The van der Waals surface area contributed by atoms with E-state index in [-0.39, 0.29) is 0 Å². The van der Waals surface area contributed by atoms with Crippen molar-refractivity contribution in [3.8, 4) is 0 Å². The van der Waals surface area contributed by atoms with Crippen molar-refractivity contribution < 1.29 is 0 Å². The van der Waals surface area contributed by atoms with Gasteiger partial charge in [-0.3, -0.25) is 0 Å². The van der Waals surface area contributed by atoms with Gasteiger partial charge in [-0.05, 0) is 6.92 Å². The third-order valence-corrected chi connectivity index (χ3v) is 2.87. The first-order valence-electron chi connectivity index (χ1n) is 4.76. The van der Waals surface area contributed by atoms with Crippen molar-refractivity contribution in [1.82, 2.24) is 19.7 Å². The first-order chi connectivity index (χ1) is 7.25. The van der Waals surface area contributed by atoms with Crippen LogP contribution in [0, 0.1) is 6.92 Å². The second-order valence-corrected chi connectivity index (χ2v) is 4.44. The summed E-state index contributed by atoms with van der Waals surface area (Å²) in [6.45, 7) is 2.78. The van der Waals surface area contributed by atoms with Crippen LogP contribution in [0.25, 0.3) is 0 Å². The van der Waals surface area contributed by atoms with Crippen molar-refractivity contribution in [3.05, 3.63) is 23.2 Å². The van der Waals surface area contributed by atoms with Gasteiger partial charge < -0.3 is 9.88 Å². The lowest BCUT2D eigenvalue weighted by atomic mass is 10.4. The number of imidazole rings is 1. The molecule has 0 spiro atoms. The van der Waals surface area contributed by atoms with Gasteiger partial charge in [0.2, 0.25) is 5.13 Å². The van der Waals surface area contributed by atoms with E-state index >= 15 is 0 Å². The Hall–Kier alpha value is -1.43. The first kappa shape index (κ1) is 10.1. The van der Waals surface area contributed by atoms with Gasteiger partial charge in [0, 0.05) is 32.4 Å². The second kappa shape index (κ2) is 4.39. The Labute approximate surface area is 92.2 Å². The maximum Gasteiger partial charge on any atom is 0.205 e. The fraction of sp³-hybridized carbons (Fsp3) is 0.444. The van der Waals surface area contributed by atoms with Crippen LogP contribution in [0.1, 0.15) is 10.8 Å². The molecule has 0 atom stereocenters. The number of nitrogens with zero attached hydrogens (tertiary/aromatic N) is 4. The molecule has 0 radical (unpaired) electrons. The lowest BCUT2D eigenvalue weighted by Crippen LogP contribution is -2.08. The molecule has 2 aromatic heterocycles. The lowest BCUT2D eigenvalue weighted by molar-refractivity contribution is 0.788. The molecule has 0 aromatic carbocycles. The van der Waals surface area contributed by atoms with Gasteiger partial charge in [0.25, 0.3) is 0 Å². The topological polar surface area (TPSA) is 55.6 Å². The van der Waals surface area contributed by atoms with Gasteiger partial charge in [-0.2, -0.15) is 0 Å². The van der Waals surface area contributed by atoms with E-state index in [0.29, 0.717) is 0 Å². The summed E-state index contributed by atoms with van der Waals surface area (Å²) in [5, 5.41) is 13.0. The molecule has 80 valence electrons. The Balaban J connectivity index is 1.83. The van der Waals surface area contributed by atoms with Crippen LogP contribution in [-0.2, 0) is 13.5 Å². The zero-order valence-electron chi connectivity index (χ0n) is 8.77. The SMILES string of the molecule is Cc1nnc(NCCc2nccn2C)s1. The predicted octanol–water partition coefficient (Wildman–Crippen LogP) is 1.23. The molecule has 0 amide bonds.